The highest BCUT2D eigenvalue weighted by Gasteiger charge is 2.61. The lowest BCUT2D eigenvalue weighted by atomic mass is 9.85. The zero-order valence-electron chi connectivity index (χ0n) is 16.7. The van der Waals surface area contributed by atoms with E-state index in [0.29, 0.717) is 10.6 Å². The number of aliphatic carboxylic acids is 1. The number of hydrogen-bond acceptors (Lipinski definition) is 8. The molecule has 3 heterocycles. The van der Waals surface area contributed by atoms with Crippen LogP contribution in [0.1, 0.15) is 12.0 Å². The van der Waals surface area contributed by atoms with E-state index in [-0.39, 0.29) is 6.61 Å². The average Bonchev–Trinajstić information content (AvgIpc) is 3.45. The molecule has 11 heteroatoms. The Morgan fingerprint density at radius 1 is 1.06 bits per heavy atom. The van der Waals surface area contributed by atoms with E-state index in [9.17, 15) is 24.0 Å². The van der Waals surface area contributed by atoms with Crippen molar-refractivity contribution in [2.75, 3.05) is 6.61 Å². The Bertz CT molecular complexity index is 947. The molecular weight excluding hydrogens is 424 g/mol. The van der Waals surface area contributed by atoms with E-state index in [1.54, 1.807) is 42.5 Å². The van der Waals surface area contributed by atoms with Gasteiger partial charge in [-0.3, -0.25) is 24.0 Å². The molecule has 32 heavy (non-hydrogen) atoms. The number of nitrogens with zero attached hydrogens (tertiary/aromatic N) is 1. The van der Waals surface area contributed by atoms with Crippen LogP contribution in [0.5, 0.6) is 0 Å². The van der Waals surface area contributed by atoms with Crippen molar-refractivity contribution >= 4 is 29.7 Å². The van der Waals surface area contributed by atoms with E-state index in [0.717, 1.165) is 0 Å². The molecule has 0 radical (unpaired) electrons. The molecule has 0 aliphatic carbocycles. The lowest BCUT2D eigenvalue weighted by Gasteiger charge is -2.19. The van der Waals surface area contributed by atoms with Crippen LogP contribution in [0.3, 0.4) is 0 Å². The maximum Gasteiger partial charge on any atom is 0.408 e. The summed E-state index contributed by atoms with van der Waals surface area (Å²) in [6.07, 6.45) is 0.686. The fourth-order valence-electron chi connectivity index (χ4n) is 3.96. The summed E-state index contributed by atoms with van der Waals surface area (Å²) in [5, 5.41) is 11.8. The number of amides is 3. The van der Waals surface area contributed by atoms with Gasteiger partial charge >= 0.3 is 12.1 Å². The highest BCUT2D eigenvalue weighted by Crippen LogP contribution is 2.45. The van der Waals surface area contributed by atoms with Gasteiger partial charge in [-0.15, -0.1) is 0 Å². The summed E-state index contributed by atoms with van der Waals surface area (Å²) < 4.78 is 10.5. The van der Waals surface area contributed by atoms with Gasteiger partial charge in [0.25, 0.3) is 11.8 Å². The number of carboxylic acids is 1. The van der Waals surface area contributed by atoms with Gasteiger partial charge in [0.2, 0.25) is 0 Å². The van der Waals surface area contributed by atoms with Crippen LogP contribution in [0.25, 0.3) is 0 Å². The van der Waals surface area contributed by atoms with Gasteiger partial charge in [0.1, 0.15) is 19.3 Å². The number of ketones is 1. The summed E-state index contributed by atoms with van der Waals surface area (Å²) in [7, 11) is 0. The number of ether oxygens (including phenoxy) is 2. The Kier molecular flexibility index (Phi) is 6.01. The standard InChI is InChI=1S/C21H20N2O9/c24-13(10-31-23-19(27)17-14-6-7-15(32-14)18(17)20(23)28)12(8-16(25)26)22-21(29)30-9-11-4-2-1-3-5-11/h1-7,12,14-15,17-18H,8-10H2,(H,22,29)(H,25,26). The van der Waals surface area contributed by atoms with E-state index < -0.39 is 72.8 Å². The van der Waals surface area contributed by atoms with Crippen molar-refractivity contribution < 1.29 is 43.4 Å². The molecule has 2 saturated heterocycles. The summed E-state index contributed by atoms with van der Waals surface area (Å²) in [5.74, 6) is -4.81. The third kappa shape index (κ3) is 4.25. The minimum Gasteiger partial charge on any atom is -0.481 e. The molecule has 4 rings (SSSR count). The Balaban J connectivity index is 1.32. The van der Waals surface area contributed by atoms with Crippen molar-refractivity contribution in [3.63, 3.8) is 0 Å². The number of carbonyl (C=O) groups is 5. The molecule has 1 aromatic rings. The van der Waals surface area contributed by atoms with E-state index in [4.69, 9.17) is 19.4 Å². The van der Waals surface area contributed by atoms with Gasteiger partial charge in [-0.1, -0.05) is 42.5 Å². The van der Waals surface area contributed by atoms with Crippen molar-refractivity contribution in [2.45, 2.75) is 31.3 Å². The van der Waals surface area contributed by atoms with Crippen LogP contribution < -0.4 is 5.32 Å². The maximum atomic E-state index is 12.5. The number of rotatable bonds is 9. The molecule has 168 valence electrons. The van der Waals surface area contributed by atoms with Crippen LogP contribution in [-0.4, -0.2) is 64.7 Å². The van der Waals surface area contributed by atoms with Crippen molar-refractivity contribution in [3.05, 3.63) is 48.0 Å². The van der Waals surface area contributed by atoms with Gasteiger partial charge in [-0.25, -0.2) is 4.79 Å². The average molecular weight is 444 g/mol. The second-order valence-electron chi connectivity index (χ2n) is 7.57. The van der Waals surface area contributed by atoms with Gasteiger partial charge < -0.3 is 19.9 Å². The summed E-state index contributed by atoms with van der Waals surface area (Å²) in [5.41, 5.74) is 0.705. The molecule has 3 aliphatic rings. The maximum absolute atomic E-state index is 12.5. The molecule has 0 aromatic heterocycles. The molecule has 3 aliphatic heterocycles. The number of alkyl carbamates (subject to hydrolysis) is 1. The summed E-state index contributed by atoms with van der Waals surface area (Å²) in [6.45, 7) is -0.855. The van der Waals surface area contributed by atoms with Crippen molar-refractivity contribution in [1.82, 2.24) is 10.4 Å². The summed E-state index contributed by atoms with van der Waals surface area (Å²) in [6, 6.07) is 7.30. The van der Waals surface area contributed by atoms with E-state index >= 15 is 0 Å². The lowest BCUT2D eigenvalue weighted by Crippen LogP contribution is -2.45. The third-order valence-electron chi connectivity index (χ3n) is 5.48. The number of benzene rings is 1. The number of Topliss-reactive ketones (excluding diaryl/α,β-unsaturated/α-hetero) is 1. The zero-order valence-corrected chi connectivity index (χ0v) is 16.7. The monoisotopic (exact) mass is 444 g/mol. The Hall–Kier alpha value is -3.57. The number of fused-ring (bicyclic) bond motifs is 5. The zero-order chi connectivity index (χ0) is 22.8. The minimum atomic E-state index is -1.47. The summed E-state index contributed by atoms with van der Waals surface area (Å²) >= 11 is 0. The largest absolute Gasteiger partial charge is 0.481 e. The van der Waals surface area contributed by atoms with Crippen LogP contribution in [0.2, 0.25) is 0 Å². The number of hydroxylamine groups is 2. The molecule has 1 aromatic carbocycles. The van der Waals surface area contributed by atoms with Crippen LogP contribution in [0.4, 0.5) is 4.79 Å². The predicted molar refractivity (Wildman–Crippen MR) is 103 cm³/mol. The van der Waals surface area contributed by atoms with Crippen molar-refractivity contribution in [1.29, 1.82) is 0 Å². The van der Waals surface area contributed by atoms with Gasteiger partial charge in [0.05, 0.1) is 30.5 Å². The highest BCUT2D eigenvalue weighted by molar-refractivity contribution is 6.05. The summed E-state index contributed by atoms with van der Waals surface area (Å²) in [4.78, 5) is 65.8. The van der Waals surface area contributed by atoms with Gasteiger partial charge in [0.15, 0.2) is 5.78 Å². The molecule has 5 atom stereocenters. The first-order valence-electron chi connectivity index (χ1n) is 9.91. The number of carboxylic acid groups (broad SMARTS) is 1. The SMILES string of the molecule is O=C(O)CC(NC(=O)OCc1ccccc1)C(=O)CON1C(=O)C2C3C=CC(O3)C2C1=O. The van der Waals surface area contributed by atoms with Crippen LogP contribution in [0, 0.1) is 11.8 Å². The fourth-order valence-corrected chi connectivity index (χ4v) is 3.96. The van der Waals surface area contributed by atoms with Gasteiger partial charge in [-0.2, -0.15) is 5.06 Å². The number of hydrogen-bond donors (Lipinski definition) is 2. The molecule has 2 N–H and O–H groups in total. The Morgan fingerprint density at radius 2 is 1.69 bits per heavy atom. The number of nitrogens with one attached hydrogen (secondary N) is 1. The highest BCUT2D eigenvalue weighted by atomic mass is 16.7. The molecule has 3 amide bonds. The second kappa shape index (κ2) is 8.89. The molecule has 0 saturated carbocycles. The molecular formula is C21H20N2O9. The smallest absolute Gasteiger partial charge is 0.408 e. The quantitative estimate of drug-likeness (QED) is 0.402. The van der Waals surface area contributed by atoms with E-state index in [1.807, 2.05) is 0 Å². The first-order valence-corrected chi connectivity index (χ1v) is 9.91. The van der Waals surface area contributed by atoms with Gasteiger partial charge in [0, 0.05) is 0 Å². The van der Waals surface area contributed by atoms with Crippen LogP contribution in [-0.2, 0) is 40.1 Å². The predicted octanol–water partition coefficient (Wildman–Crippen LogP) is 0.195. The topological polar surface area (TPSA) is 149 Å². The normalized spacial score (nSPS) is 26.2. The van der Waals surface area contributed by atoms with Crippen LogP contribution >= 0.6 is 0 Å². The molecule has 0 spiro atoms. The van der Waals surface area contributed by atoms with E-state index in [2.05, 4.69) is 5.32 Å². The second-order valence-corrected chi connectivity index (χ2v) is 7.57. The van der Waals surface area contributed by atoms with Crippen molar-refractivity contribution in [3.8, 4) is 0 Å². The number of imide groups is 1. The Labute approximate surface area is 181 Å². The molecule has 5 unspecified atom stereocenters. The fraction of sp³-hybridized carbons (Fsp3) is 0.381. The third-order valence-corrected chi connectivity index (χ3v) is 5.48. The first kappa shape index (κ1) is 21.7. The van der Waals surface area contributed by atoms with Gasteiger partial charge in [-0.05, 0) is 5.56 Å². The Morgan fingerprint density at radius 3 is 2.28 bits per heavy atom. The molecule has 11 nitrogen and oxygen atoms in total. The lowest BCUT2D eigenvalue weighted by molar-refractivity contribution is -0.192. The van der Waals surface area contributed by atoms with Crippen molar-refractivity contribution in [2.24, 2.45) is 11.8 Å². The number of carbonyl (C=O) groups excluding carboxylic acids is 4. The first-order chi connectivity index (χ1) is 15.3. The van der Waals surface area contributed by atoms with E-state index in [1.165, 1.54) is 0 Å². The van der Waals surface area contributed by atoms with Crippen LogP contribution in [0.15, 0.2) is 42.5 Å². The molecule has 2 fully saturated rings. The minimum absolute atomic E-state index is 0.0743. The molecule has 2 bridgehead atoms.